The maximum atomic E-state index is 11.6. The van der Waals surface area contributed by atoms with Crippen LogP contribution in [0, 0.1) is 5.92 Å². The lowest BCUT2D eigenvalue weighted by molar-refractivity contribution is -0.146. The summed E-state index contributed by atoms with van der Waals surface area (Å²) < 4.78 is 5.10. The van der Waals surface area contributed by atoms with Crippen molar-refractivity contribution in [3.63, 3.8) is 0 Å². The van der Waals surface area contributed by atoms with Gasteiger partial charge in [0, 0.05) is 18.5 Å². The largest absolute Gasteiger partial charge is 0.370 e. The Bertz CT molecular complexity index is 246. The molecule has 0 aromatic rings. The van der Waals surface area contributed by atoms with Crippen LogP contribution < -0.4 is 0 Å². The van der Waals surface area contributed by atoms with Gasteiger partial charge in [-0.15, -0.1) is 0 Å². The van der Waals surface area contributed by atoms with E-state index in [1.807, 2.05) is 4.90 Å². The molecule has 0 N–H and O–H groups in total. The molecule has 0 aromatic heterocycles. The van der Waals surface area contributed by atoms with Crippen molar-refractivity contribution in [1.29, 1.82) is 0 Å². The van der Waals surface area contributed by atoms with E-state index >= 15 is 0 Å². The smallest absolute Gasteiger partial charge is 0.248 e. The molecule has 1 amide bonds. The van der Waals surface area contributed by atoms with Crippen LogP contribution in [0.15, 0.2) is 0 Å². The minimum absolute atomic E-state index is 0.107. The third-order valence-electron chi connectivity index (χ3n) is 3.40. The van der Waals surface area contributed by atoms with E-state index in [-0.39, 0.29) is 18.4 Å². The fourth-order valence-electron chi connectivity index (χ4n) is 2.47. The fraction of sp³-hybridized carbons (Fsp3) is 0.818. The highest BCUT2D eigenvalue weighted by Crippen LogP contribution is 2.26. The SMILES string of the molecule is O=CC1CCC(N2CCOCC2=O)CC1. The number of hydrogen-bond acceptors (Lipinski definition) is 3. The van der Waals surface area contributed by atoms with Gasteiger partial charge in [0.25, 0.3) is 0 Å². The number of carbonyl (C=O) groups is 2. The van der Waals surface area contributed by atoms with Crippen LogP contribution in [-0.2, 0) is 14.3 Å². The summed E-state index contributed by atoms with van der Waals surface area (Å²) in [6.07, 6.45) is 4.85. The van der Waals surface area contributed by atoms with E-state index in [4.69, 9.17) is 4.74 Å². The molecular formula is C11H17NO3. The molecule has 2 aliphatic rings. The highest BCUT2D eigenvalue weighted by Gasteiger charge is 2.30. The summed E-state index contributed by atoms with van der Waals surface area (Å²) in [6.45, 7) is 1.60. The highest BCUT2D eigenvalue weighted by molar-refractivity contribution is 5.78. The summed E-state index contributed by atoms with van der Waals surface area (Å²) in [5.41, 5.74) is 0. The van der Waals surface area contributed by atoms with E-state index in [0.29, 0.717) is 12.6 Å². The third-order valence-corrected chi connectivity index (χ3v) is 3.40. The van der Waals surface area contributed by atoms with Crippen molar-refractivity contribution >= 4 is 12.2 Å². The van der Waals surface area contributed by atoms with Gasteiger partial charge in [-0.3, -0.25) is 4.79 Å². The zero-order chi connectivity index (χ0) is 10.7. The molecule has 4 heteroatoms. The first-order valence-electron chi connectivity index (χ1n) is 5.64. The predicted octanol–water partition coefficient (Wildman–Crippen LogP) is 0.603. The van der Waals surface area contributed by atoms with Crippen LogP contribution in [0.25, 0.3) is 0 Å². The van der Waals surface area contributed by atoms with E-state index in [2.05, 4.69) is 0 Å². The molecule has 2 rings (SSSR count). The molecule has 4 nitrogen and oxygen atoms in total. The van der Waals surface area contributed by atoms with Gasteiger partial charge in [0.15, 0.2) is 0 Å². The van der Waals surface area contributed by atoms with Gasteiger partial charge in [0.1, 0.15) is 12.9 Å². The summed E-state index contributed by atoms with van der Waals surface area (Å²) in [5.74, 6) is 0.327. The van der Waals surface area contributed by atoms with Crippen LogP contribution >= 0.6 is 0 Å². The second-order valence-electron chi connectivity index (χ2n) is 4.34. The van der Waals surface area contributed by atoms with Crippen molar-refractivity contribution in [1.82, 2.24) is 4.90 Å². The number of amides is 1. The lowest BCUT2D eigenvalue weighted by Crippen LogP contribution is -2.48. The molecule has 1 aliphatic carbocycles. The average molecular weight is 211 g/mol. The topological polar surface area (TPSA) is 46.6 Å². The van der Waals surface area contributed by atoms with Crippen LogP contribution in [0.1, 0.15) is 25.7 Å². The summed E-state index contributed by atoms with van der Waals surface area (Å²) in [4.78, 5) is 24.1. The molecule has 1 saturated carbocycles. The molecule has 1 aliphatic heterocycles. The number of ether oxygens (including phenoxy) is 1. The summed E-state index contributed by atoms with van der Waals surface area (Å²) in [5, 5.41) is 0. The van der Waals surface area contributed by atoms with Crippen molar-refractivity contribution in [2.45, 2.75) is 31.7 Å². The maximum Gasteiger partial charge on any atom is 0.248 e. The summed E-state index contributed by atoms with van der Waals surface area (Å²) >= 11 is 0. The number of nitrogens with zero attached hydrogens (tertiary/aromatic N) is 1. The van der Waals surface area contributed by atoms with Gasteiger partial charge in [-0.25, -0.2) is 0 Å². The van der Waals surface area contributed by atoms with Crippen molar-refractivity contribution in [3.05, 3.63) is 0 Å². The highest BCUT2D eigenvalue weighted by atomic mass is 16.5. The Labute approximate surface area is 89.6 Å². The van der Waals surface area contributed by atoms with Crippen molar-refractivity contribution in [3.8, 4) is 0 Å². The fourth-order valence-corrected chi connectivity index (χ4v) is 2.47. The maximum absolute atomic E-state index is 11.6. The van der Waals surface area contributed by atoms with E-state index in [9.17, 15) is 9.59 Å². The Morgan fingerprint density at radius 2 is 2.00 bits per heavy atom. The van der Waals surface area contributed by atoms with E-state index in [1.54, 1.807) is 0 Å². The van der Waals surface area contributed by atoms with Gasteiger partial charge in [-0.05, 0) is 25.7 Å². The normalized spacial score (nSPS) is 32.8. The number of morpholine rings is 1. The van der Waals surface area contributed by atoms with Gasteiger partial charge < -0.3 is 14.4 Å². The quantitative estimate of drug-likeness (QED) is 0.628. The van der Waals surface area contributed by atoms with Crippen molar-refractivity contribution < 1.29 is 14.3 Å². The molecule has 0 unspecified atom stereocenters. The second-order valence-corrected chi connectivity index (χ2v) is 4.34. The van der Waals surface area contributed by atoms with Gasteiger partial charge in [0.05, 0.1) is 6.61 Å². The molecule has 2 fully saturated rings. The zero-order valence-electron chi connectivity index (χ0n) is 8.85. The first-order chi connectivity index (χ1) is 7.31. The summed E-state index contributed by atoms with van der Waals surface area (Å²) in [6, 6.07) is 0.345. The van der Waals surface area contributed by atoms with Gasteiger partial charge in [0.2, 0.25) is 5.91 Å². The third kappa shape index (κ3) is 2.37. The zero-order valence-corrected chi connectivity index (χ0v) is 8.85. The van der Waals surface area contributed by atoms with Crippen LogP contribution in [0.3, 0.4) is 0 Å². The first-order valence-corrected chi connectivity index (χ1v) is 5.64. The Hall–Kier alpha value is -0.900. The minimum atomic E-state index is 0.107. The molecule has 0 aromatic carbocycles. The lowest BCUT2D eigenvalue weighted by atomic mass is 9.86. The predicted molar refractivity (Wildman–Crippen MR) is 54.3 cm³/mol. The van der Waals surface area contributed by atoms with Crippen molar-refractivity contribution in [2.75, 3.05) is 19.8 Å². The first kappa shape index (κ1) is 10.6. The van der Waals surface area contributed by atoms with E-state index < -0.39 is 0 Å². The average Bonchev–Trinajstić information content (AvgIpc) is 2.30. The molecular weight excluding hydrogens is 194 g/mol. The molecule has 0 atom stereocenters. The van der Waals surface area contributed by atoms with E-state index in [1.165, 1.54) is 0 Å². The van der Waals surface area contributed by atoms with Crippen LogP contribution in [0.4, 0.5) is 0 Å². The molecule has 0 radical (unpaired) electrons. The Morgan fingerprint density at radius 1 is 1.27 bits per heavy atom. The van der Waals surface area contributed by atoms with Crippen LogP contribution in [-0.4, -0.2) is 42.9 Å². The number of carbonyl (C=O) groups excluding carboxylic acids is 2. The molecule has 0 bridgehead atoms. The molecule has 84 valence electrons. The number of aldehydes is 1. The standard InChI is InChI=1S/C11H17NO3/c13-7-9-1-3-10(4-2-9)12-5-6-15-8-11(12)14/h7,9-10H,1-6,8H2. The van der Waals surface area contributed by atoms with Crippen molar-refractivity contribution in [2.24, 2.45) is 5.92 Å². The Morgan fingerprint density at radius 3 is 2.60 bits per heavy atom. The van der Waals surface area contributed by atoms with Gasteiger partial charge >= 0.3 is 0 Å². The van der Waals surface area contributed by atoms with Gasteiger partial charge in [-0.1, -0.05) is 0 Å². The number of hydrogen-bond donors (Lipinski definition) is 0. The van der Waals surface area contributed by atoms with Crippen LogP contribution in [0.5, 0.6) is 0 Å². The Balaban J connectivity index is 1.88. The second kappa shape index (κ2) is 4.75. The van der Waals surface area contributed by atoms with E-state index in [0.717, 1.165) is 38.5 Å². The van der Waals surface area contributed by atoms with Gasteiger partial charge in [-0.2, -0.15) is 0 Å². The molecule has 0 spiro atoms. The van der Waals surface area contributed by atoms with Crippen LogP contribution in [0.2, 0.25) is 0 Å². The molecule has 15 heavy (non-hydrogen) atoms. The molecule has 1 heterocycles. The Kier molecular flexibility index (Phi) is 3.36. The lowest BCUT2D eigenvalue weighted by Gasteiger charge is -2.37. The monoisotopic (exact) mass is 211 g/mol. The molecule has 1 saturated heterocycles. The minimum Gasteiger partial charge on any atom is -0.370 e. The summed E-state index contributed by atoms with van der Waals surface area (Å²) in [7, 11) is 0. The number of rotatable bonds is 2.